The minimum absolute atomic E-state index is 0.612. The predicted molar refractivity (Wildman–Crippen MR) is 93.0 cm³/mol. The Kier molecular flexibility index (Phi) is 3.24. The molecule has 118 valence electrons. The molecule has 0 N–H and O–H groups in total. The normalized spacial score (nSPS) is 11.0. The number of hydrogen-bond donors (Lipinski definition) is 0. The molecule has 0 spiro atoms. The quantitative estimate of drug-likeness (QED) is 0.575. The zero-order valence-electron chi connectivity index (χ0n) is 13.5. The van der Waals surface area contributed by atoms with Gasteiger partial charge >= 0.3 is 0 Å². The Morgan fingerprint density at radius 3 is 2.83 bits per heavy atom. The van der Waals surface area contributed by atoms with E-state index in [9.17, 15) is 5.26 Å². The molecule has 0 unspecified atom stereocenters. The van der Waals surface area contributed by atoms with Gasteiger partial charge in [-0.1, -0.05) is 12.1 Å². The zero-order chi connectivity index (χ0) is 16.7. The molecule has 3 heterocycles. The summed E-state index contributed by atoms with van der Waals surface area (Å²) in [5.41, 5.74) is 4.10. The number of pyridine rings is 1. The third kappa shape index (κ3) is 2.12. The lowest BCUT2D eigenvalue weighted by molar-refractivity contribution is 0.506. The van der Waals surface area contributed by atoms with Crippen LogP contribution in [0.4, 0.5) is 5.82 Å². The number of nitrogens with zero attached hydrogens (tertiary/aromatic N) is 4. The van der Waals surface area contributed by atoms with Crippen LogP contribution >= 0.6 is 0 Å². The molecule has 4 rings (SSSR count). The number of fused-ring (bicyclic) bond motifs is 3. The highest BCUT2D eigenvalue weighted by molar-refractivity contribution is 5.85. The van der Waals surface area contributed by atoms with Gasteiger partial charge in [-0.3, -0.25) is 4.40 Å². The first-order chi connectivity index (χ1) is 11.7. The molecule has 0 radical (unpaired) electrons. The van der Waals surface area contributed by atoms with Crippen LogP contribution in [0, 0.1) is 18.3 Å². The number of furan rings is 1. The van der Waals surface area contributed by atoms with E-state index in [1.54, 1.807) is 6.26 Å². The Morgan fingerprint density at radius 1 is 1.25 bits per heavy atom. The number of aryl methyl sites for hydroxylation is 1. The third-order valence-corrected chi connectivity index (χ3v) is 4.23. The van der Waals surface area contributed by atoms with Crippen molar-refractivity contribution in [3.8, 4) is 6.07 Å². The predicted octanol–water partition coefficient (Wildman–Crippen LogP) is 3.90. The largest absolute Gasteiger partial charge is 0.467 e. The van der Waals surface area contributed by atoms with Crippen molar-refractivity contribution in [1.29, 1.82) is 5.26 Å². The van der Waals surface area contributed by atoms with Crippen molar-refractivity contribution in [2.75, 3.05) is 11.9 Å². The van der Waals surface area contributed by atoms with Gasteiger partial charge in [0, 0.05) is 7.05 Å². The van der Waals surface area contributed by atoms with Gasteiger partial charge in [0.05, 0.1) is 29.4 Å². The second-order valence-corrected chi connectivity index (χ2v) is 5.87. The van der Waals surface area contributed by atoms with Gasteiger partial charge in [-0.2, -0.15) is 5.26 Å². The van der Waals surface area contributed by atoms with Crippen LogP contribution < -0.4 is 4.90 Å². The number of anilines is 1. The topological polar surface area (TPSA) is 57.5 Å². The molecule has 0 amide bonds. The third-order valence-electron chi connectivity index (χ3n) is 4.23. The molecule has 0 saturated carbocycles. The molecule has 24 heavy (non-hydrogen) atoms. The molecule has 0 atom stereocenters. The van der Waals surface area contributed by atoms with Crippen LogP contribution in [-0.4, -0.2) is 16.4 Å². The van der Waals surface area contributed by atoms with Gasteiger partial charge < -0.3 is 9.32 Å². The van der Waals surface area contributed by atoms with E-state index in [-0.39, 0.29) is 0 Å². The molecule has 4 aromatic rings. The van der Waals surface area contributed by atoms with E-state index < -0.39 is 0 Å². The molecule has 0 fully saturated rings. The SMILES string of the molecule is Cc1cc(N(C)Cc2ccco2)n2c(nc3ccccc32)c1C#N. The van der Waals surface area contributed by atoms with E-state index >= 15 is 0 Å². The van der Waals surface area contributed by atoms with Crippen molar-refractivity contribution in [1.82, 2.24) is 9.38 Å². The second kappa shape index (κ2) is 5.43. The van der Waals surface area contributed by atoms with E-state index in [1.165, 1.54) is 0 Å². The van der Waals surface area contributed by atoms with E-state index in [1.807, 2.05) is 60.8 Å². The van der Waals surface area contributed by atoms with Crippen LogP contribution in [0.25, 0.3) is 16.7 Å². The number of nitriles is 1. The highest BCUT2D eigenvalue weighted by atomic mass is 16.3. The molecular formula is C19H16N4O. The maximum atomic E-state index is 9.55. The molecule has 1 aromatic carbocycles. The van der Waals surface area contributed by atoms with E-state index in [0.717, 1.165) is 28.2 Å². The van der Waals surface area contributed by atoms with Gasteiger partial charge in [-0.25, -0.2) is 4.98 Å². The highest BCUT2D eigenvalue weighted by Gasteiger charge is 2.17. The van der Waals surface area contributed by atoms with E-state index in [2.05, 4.69) is 16.0 Å². The standard InChI is InChI=1S/C19H16N4O/c1-13-10-18(22(2)12-14-6-5-9-24-14)23-17-8-4-3-7-16(17)21-19(23)15(13)11-20/h3-10H,12H2,1-2H3. The van der Waals surface area contributed by atoms with Gasteiger partial charge in [-0.05, 0) is 42.8 Å². The van der Waals surface area contributed by atoms with Crippen LogP contribution in [-0.2, 0) is 6.54 Å². The molecule has 0 saturated heterocycles. The Balaban J connectivity index is 1.99. The van der Waals surface area contributed by atoms with Crippen LogP contribution in [0.15, 0.2) is 53.1 Å². The van der Waals surface area contributed by atoms with Crippen molar-refractivity contribution in [3.05, 3.63) is 65.6 Å². The lowest BCUT2D eigenvalue weighted by Crippen LogP contribution is -2.19. The average Bonchev–Trinajstić information content (AvgIpc) is 3.21. The number of aromatic nitrogens is 2. The van der Waals surface area contributed by atoms with Crippen LogP contribution in [0.2, 0.25) is 0 Å². The minimum Gasteiger partial charge on any atom is -0.467 e. The first-order valence-corrected chi connectivity index (χ1v) is 7.73. The number of rotatable bonds is 3. The van der Waals surface area contributed by atoms with Crippen LogP contribution in [0.5, 0.6) is 0 Å². The van der Waals surface area contributed by atoms with Gasteiger partial charge in [0.25, 0.3) is 0 Å². The molecule has 5 nitrogen and oxygen atoms in total. The summed E-state index contributed by atoms with van der Waals surface area (Å²) in [7, 11) is 2.01. The van der Waals surface area contributed by atoms with E-state index in [0.29, 0.717) is 17.8 Å². The number of benzene rings is 1. The van der Waals surface area contributed by atoms with Crippen LogP contribution in [0.3, 0.4) is 0 Å². The Labute approximate surface area is 139 Å². The Hall–Kier alpha value is -3.26. The lowest BCUT2D eigenvalue weighted by atomic mass is 10.1. The monoisotopic (exact) mass is 316 g/mol. The number of para-hydroxylation sites is 2. The molecule has 5 heteroatoms. The molecule has 0 aliphatic rings. The van der Waals surface area contributed by atoms with Crippen molar-refractivity contribution in [2.45, 2.75) is 13.5 Å². The Bertz CT molecular complexity index is 1070. The summed E-state index contributed by atoms with van der Waals surface area (Å²) in [6.45, 7) is 2.59. The van der Waals surface area contributed by atoms with Crippen molar-refractivity contribution >= 4 is 22.5 Å². The first kappa shape index (κ1) is 14.3. The highest BCUT2D eigenvalue weighted by Crippen LogP contribution is 2.28. The first-order valence-electron chi connectivity index (χ1n) is 7.73. The minimum atomic E-state index is 0.612. The fourth-order valence-electron chi connectivity index (χ4n) is 3.07. The molecule has 3 aromatic heterocycles. The molecule has 0 aliphatic heterocycles. The molecule has 0 aliphatic carbocycles. The van der Waals surface area contributed by atoms with Crippen molar-refractivity contribution in [2.24, 2.45) is 0 Å². The fraction of sp³-hybridized carbons (Fsp3) is 0.158. The fourth-order valence-corrected chi connectivity index (χ4v) is 3.07. The number of hydrogen-bond acceptors (Lipinski definition) is 4. The zero-order valence-corrected chi connectivity index (χ0v) is 13.5. The Morgan fingerprint density at radius 2 is 2.08 bits per heavy atom. The molecular weight excluding hydrogens is 300 g/mol. The van der Waals surface area contributed by atoms with Gasteiger partial charge in [-0.15, -0.1) is 0 Å². The van der Waals surface area contributed by atoms with Crippen LogP contribution in [0.1, 0.15) is 16.9 Å². The van der Waals surface area contributed by atoms with Gasteiger partial charge in [0.2, 0.25) is 0 Å². The lowest BCUT2D eigenvalue weighted by Gasteiger charge is -2.21. The number of imidazole rings is 1. The van der Waals surface area contributed by atoms with Gasteiger partial charge in [0.15, 0.2) is 5.65 Å². The summed E-state index contributed by atoms with van der Waals surface area (Å²) in [6.07, 6.45) is 1.68. The summed E-state index contributed by atoms with van der Waals surface area (Å²) in [5, 5.41) is 9.55. The smallest absolute Gasteiger partial charge is 0.157 e. The summed E-state index contributed by atoms with van der Waals surface area (Å²) in [6, 6.07) is 16.1. The molecule has 0 bridgehead atoms. The maximum absolute atomic E-state index is 9.55. The second-order valence-electron chi connectivity index (χ2n) is 5.87. The summed E-state index contributed by atoms with van der Waals surface area (Å²) in [4.78, 5) is 6.78. The summed E-state index contributed by atoms with van der Waals surface area (Å²) >= 11 is 0. The van der Waals surface area contributed by atoms with E-state index in [4.69, 9.17) is 4.42 Å². The summed E-state index contributed by atoms with van der Waals surface area (Å²) < 4.78 is 7.51. The van der Waals surface area contributed by atoms with Crippen molar-refractivity contribution in [3.63, 3.8) is 0 Å². The van der Waals surface area contributed by atoms with Crippen molar-refractivity contribution < 1.29 is 4.42 Å². The van der Waals surface area contributed by atoms with Gasteiger partial charge in [0.1, 0.15) is 17.6 Å². The maximum Gasteiger partial charge on any atom is 0.157 e. The summed E-state index contributed by atoms with van der Waals surface area (Å²) in [5.74, 6) is 1.86. The average molecular weight is 316 g/mol.